The van der Waals surface area contributed by atoms with Gasteiger partial charge in [0.1, 0.15) is 5.76 Å². The van der Waals surface area contributed by atoms with Gasteiger partial charge in [0.2, 0.25) is 17.3 Å². The Hall–Kier alpha value is -6.49. The van der Waals surface area contributed by atoms with Crippen LogP contribution in [0.25, 0.3) is 28.3 Å². The second-order valence-electron chi connectivity index (χ2n) is 43.0. The summed E-state index contributed by atoms with van der Waals surface area (Å²) in [7, 11) is 0. The number of carbonyl (C=O) groups is 1. The van der Waals surface area contributed by atoms with Gasteiger partial charge in [0.05, 0.1) is 51.0 Å². The molecule has 0 bridgehead atoms. The quantitative estimate of drug-likeness (QED) is 0.0128. The number of ketones is 1. The second-order valence-corrected chi connectivity index (χ2v) is 43.0. The summed E-state index contributed by atoms with van der Waals surface area (Å²) in [6.45, 7) is 16.9. The van der Waals surface area contributed by atoms with E-state index >= 15 is 4.79 Å². The molecule has 6 aromatic rings. The molecule has 0 spiro atoms. The largest absolute Gasteiger partial charge is 0.550 e. The third-order valence-corrected chi connectivity index (χ3v) is 29.8. The van der Waals surface area contributed by atoms with Crippen molar-refractivity contribution in [1.82, 2.24) is 9.97 Å². The molecule has 142 heavy (non-hydrogen) atoms. The van der Waals surface area contributed by atoms with Gasteiger partial charge < -0.3 is 43.0 Å². The van der Waals surface area contributed by atoms with Crippen LogP contribution >= 0.6 is 0 Å². The van der Waals surface area contributed by atoms with Crippen molar-refractivity contribution in [1.29, 1.82) is 0 Å². The number of hydrogen-bond acceptors (Lipinski definition) is 8. The highest BCUT2D eigenvalue weighted by Gasteiger charge is 2.28. The number of rotatable bonds is 105. The molecule has 0 aliphatic carbocycles. The Labute approximate surface area is 875 Å². The normalized spacial score (nSPS) is 11.7. The van der Waals surface area contributed by atoms with E-state index in [1.54, 1.807) is 6.08 Å². The van der Waals surface area contributed by atoms with Gasteiger partial charge in [-0.25, -0.2) is 0 Å². The van der Waals surface area contributed by atoms with E-state index in [0.29, 0.717) is 79.8 Å². The Bertz CT molecular complexity index is 3680. The summed E-state index contributed by atoms with van der Waals surface area (Å²) in [5.74, 6) is 4.46. The van der Waals surface area contributed by atoms with Crippen LogP contribution in [0.3, 0.4) is 0 Å². The minimum Gasteiger partial charge on any atom is -0.550 e. The number of aromatic amines is 2. The van der Waals surface area contributed by atoms with Gasteiger partial charge in [0.25, 0.3) is 0 Å². The number of carbonyl (C=O) groups excluding carboxylic acids is 1. The summed E-state index contributed by atoms with van der Waals surface area (Å²) in [5.41, 5.74) is 6.52. The molecule has 0 aliphatic heterocycles. The summed E-state index contributed by atoms with van der Waals surface area (Å²) in [4.78, 5) is 23.2. The van der Waals surface area contributed by atoms with E-state index in [1.807, 2.05) is 24.3 Å². The fourth-order valence-corrected chi connectivity index (χ4v) is 20.5. The number of benzene rings is 4. The van der Waals surface area contributed by atoms with Gasteiger partial charge in [-0.15, -0.1) is 0 Å². The number of allylic oxidation sites excluding steroid dienone is 1. The third kappa shape index (κ3) is 62.6. The second kappa shape index (κ2) is 90.8. The maximum Gasteiger partial charge on any atom is 0.426 e. The van der Waals surface area contributed by atoms with Crippen molar-refractivity contribution in [3.05, 3.63) is 127 Å². The highest BCUT2D eigenvalue weighted by molar-refractivity contribution is 6.80. The standard InChI is InChI=1S/C131H219BN2O8/c1-7-13-19-25-31-37-43-49-55-61-67-73-79-91-105-136-126-111-116(112-127(137-106-92-80-74-68-62-56-50-44-38-32-26-20-14-8-2)130(126)140-109-95-83-77-71-65-59-53-47-41-35-29-23-17-11-5)120-101-103-122(133-120)124(135)115-125(142-132(118-97-87-85-88-98-118)119-99-89-86-90-100-119)123-104-102-121(134-123)117-113-128(138-107-93-81-75-69-63-57-51-45-39-33-27-21-15-9-3)131(141-110-96-84-78-72-66-60-54-48-42-36-30-24-18-12-6)129(114-117)139-108-94-82-76-70-64-58-52-46-40-34-28-22-16-10-4/h85-90,97-104,111-115,133-134H,7-84,91-96,105-110H2,1-6H3/b125-115-. The summed E-state index contributed by atoms with van der Waals surface area (Å²) in [6, 6.07) is 37.6. The van der Waals surface area contributed by atoms with E-state index in [0.717, 1.165) is 122 Å². The number of H-pyrrole nitrogens is 2. The van der Waals surface area contributed by atoms with E-state index < -0.39 is 6.92 Å². The molecule has 0 fully saturated rings. The van der Waals surface area contributed by atoms with Crippen LogP contribution in [-0.4, -0.2) is 62.3 Å². The molecule has 0 aliphatic rings. The maximum absolute atomic E-state index is 15.7. The highest BCUT2D eigenvalue weighted by atomic mass is 16.5. The monoisotopic (exact) mass is 1960 g/mol. The van der Waals surface area contributed by atoms with E-state index in [9.17, 15) is 0 Å². The van der Waals surface area contributed by atoms with E-state index in [1.165, 1.54) is 462 Å². The highest BCUT2D eigenvalue weighted by Crippen LogP contribution is 2.45. The number of ether oxygens (including phenoxy) is 6. The maximum atomic E-state index is 15.7. The SMILES string of the molecule is CCCCCCCCCCCCCCCCOc1cc(-c2ccc(C(=O)/C=C(\OB(c3ccccc3)c3ccccc3)c3ccc(-c4cc(OCCCCCCCCCCCCCCCC)c(OCCCCCCCCCCCCCCCC)c(OCCCCCCCCCCCCCCCC)c4)[nH]3)[nH]2)cc(OCCCCCCCCCCCCCCCC)c1OCCCCCCCCCCCCCCCC. The lowest BCUT2D eigenvalue weighted by atomic mass is 9.55. The molecule has 4 aromatic carbocycles. The third-order valence-electron chi connectivity index (χ3n) is 29.8. The fraction of sp³-hybridized carbons (Fsp3) is 0.733. The van der Waals surface area contributed by atoms with Crippen LogP contribution in [0.4, 0.5) is 0 Å². The topological polar surface area (TPSA) is 113 Å². The van der Waals surface area contributed by atoms with Gasteiger partial charge in [0, 0.05) is 28.6 Å². The first-order valence-corrected chi connectivity index (χ1v) is 62.0. The molecule has 2 aromatic heterocycles. The molecule has 0 unspecified atom stereocenters. The molecule has 0 saturated carbocycles. The summed E-state index contributed by atoms with van der Waals surface area (Å²) in [6.07, 6.45) is 111. The summed E-state index contributed by atoms with van der Waals surface area (Å²) < 4.78 is 49.5. The molecule has 0 saturated heterocycles. The first-order chi connectivity index (χ1) is 70.4. The Morgan fingerprint density at radius 3 is 0.613 bits per heavy atom. The summed E-state index contributed by atoms with van der Waals surface area (Å²) >= 11 is 0. The van der Waals surface area contributed by atoms with Crippen molar-refractivity contribution in [2.24, 2.45) is 0 Å². The number of unbranched alkanes of at least 4 members (excludes halogenated alkanes) is 78. The van der Waals surface area contributed by atoms with Gasteiger partial charge in [-0.3, -0.25) is 4.79 Å². The van der Waals surface area contributed by atoms with Crippen LogP contribution in [-0.2, 0) is 4.65 Å². The molecule has 0 amide bonds. The van der Waals surface area contributed by atoms with E-state index in [4.69, 9.17) is 33.1 Å². The number of aromatic nitrogens is 2. The van der Waals surface area contributed by atoms with Crippen LogP contribution in [0, 0.1) is 0 Å². The molecule has 0 atom stereocenters. The van der Waals surface area contributed by atoms with Crippen LogP contribution in [0.15, 0.2) is 115 Å². The van der Waals surface area contributed by atoms with Gasteiger partial charge in [-0.05, 0) is 98.0 Å². The fourth-order valence-electron chi connectivity index (χ4n) is 20.5. The minimum atomic E-state index is -0.547. The Morgan fingerprint density at radius 1 is 0.218 bits per heavy atom. The zero-order chi connectivity index (χ0) is 100. The van der Waals surface area contributed by atoms with Crippen LogP contribution < -0.4 is 39.3 Å². The number of hydrogen-bond donors (Lipinski definition) is 2. The summed E-state index contributed by atoms with van der Waals surface area (Å²) in [5, 5.41) is 0. The first-order valence-electron chi connectivity index (χ1n) is 62.0. The Balaban J connectivity index is 1.32. The Kier molecular flexibility index (Phi) is 79.4. The lowest BCUT2D eigenvalue weighted by molar-refractivity contribution is 0.104. The van der Waals surface area contributed by atoms with Crippen molar-refractivity contribution < 1.29 is 37.9 Å². The van der Waals surface area contributed by atoms with Crippen molar-refractivity contribution in [2.75, 3.05) is 39.6 Å². The van der Waals surface area contributed by atoms with Crippen LogP contribution in [0.1, 0.15) is 597 Å². The average molecular weight is 1960 g/mol. The minimum absolute atomic E-state index is 0.215. The predicted octanol–water partition coefficient (Wildman–Crippen LogP) is 41.9. The molecular weight excluding hydrogens is 1740 g/mol. The van der Waals surface area contributed by atoms with Crippen LogP contribution in [0.2, 0.25) is 0 Å². The Morgan fingerprint density at radius 2 is 0.401 bits per heavy atom. The van der Waals surface area contributed by atoms with Crippen molar-refractivity contribution >= 4 is 29.4 Å². The van der Waals surface area contributed by atoms with E-state index in [-0.39, 0.29) is 5.78 Å². The number of nitrogens with one attached hydrogen (secondary N) is 2. The molecule has 2 N–H and O–H groups in total. The van der Waals surface area contributed by atoms with Gasteiger partial charge in [-0.1, -0.05) is 603 Å². The predicted molar refractivity (Wildman–Crippen MR) is 619 cm³/mol. The zero-order valence-electron chi connectivity index (χ0n) is 93.5. The molecule has 804 valence electrons. The van der Waals surface area contributed by atoms with Crippen LogP contribution in [0.5, 0.6) is 34.5 Å². The molecule has 6 rings (SSSR count). The molecule has 10 nitrogen and oxygen atoms in total. The molecule has 11 heteroatoms. The lowest BCUT2D eigenvalue weighted by Crippen LogP contribution is -2.44. The van der Waals surface area contributed by atoms with Gasteiger partial charge in [-0.2, -0.15) is 0 Å². The van der Waals surface area contributed by atoms with Gasteiger partial charge in [0.15, 0.2) is 23.0 Å². The molecule has 0 radical (unpaired) electrons. The average Bonchev–Trinajstić information content (AvgIpc) is 0.821. The molecule has 2 heterocycles. The lowest BCUT2D eigenvalue weighted by Gasteiger charge is -2.19. The van der Waals surface area contributed by atoms with Crippen molar-refractivity contribution in [2.45, 2.75) is 581 Å². The van der Waals surface area contributed by atoms with Gasteiger partial charge >= 0.3 is 6.92 Å². The zero-order valence-corrected chi connectivity index (χ0v) is 93.5. The molecular formula is C131H219BN2O8. The first kappa shape index (κ1) is 124. The van der Waals surface area contributed by atoms with Crippen molar-refractivity contribution in [3.8, 4) is 57.0 Å². The van der Waals surface area contributed by atoms with Crippen molar-refractivity contribution in [3.63, 3.8) is 0 Å². The van der Waals surface area contributed by atoms with E-state index in [2.05, 4.69) is 136 Å². The smallest absolute Gasteiger partial charge is 0.426 e.